The predicted octanol–water partition coefficient (Wildman–Crippen LogP) is 5.08. The predicted molar refractivity (Wildman–Crippen MR) is 99.9 cm³/mol. The summed E-state index contributed by atoms with van der Waals surface area (Å²) in [6.07, 6.45) is 0. The number of benzene rings is 1. The molecule has 1 heterocycles. The number of hydrogen-bond acceptors (Lipinski definition) is 4. The van der Waals surface area contributed by atoms with Gasteiger partial charge in [0.15, 0.2) is 11.3 Å². The van der Waals surface area contributed by atoms with Gasteiger partial charge in [-0.3, -0.25) is 4.79 Å². The van der Waals surface area contributed by atoms with Crippen molar-refractivity contribution < 1.29 is 18.7 Å². The van der Waals surface area contributed by atoms with Crippen molar-refractivity contribution >= 4 is 33.5 Å². The fourth-order valence-electron chi connectivity index (χ4n) is 2.50. The smallest absolute Gasteiger partial charge is 0.374 e. The summed E-state index contributed by atoms with van der Waals surface area (Å²) in [5.74, 6) is -0.491. The van der Waals surface area contributed by atoms with E-state index in [0.29, 0.717) is 4.67 Å². The number of ether oxygens (including phenoxy) is 1. The summed E-state index contributed by atoms with van der Waals surface area (Å²) in [7, 11) is 0. The quantitative estimate of drug-likeness (QED) is 0.677. The first-order valence-corrected chi connectivity index (χ1v) is 8.94. The van der Waals surface area contributed by atoms with Gasteiger partial charge in [0.25, 0.3) is 5.91 Å². The van der Waals surface area contributed by atoms with Crippen LogP contribution in [0.2, 0.25) is 0 Å². The molecule has 1 aromatic heterocycles. The summed E-state index contributed by atoms with van der Waals surface area (Å²) in [4.78, 5) is 24.1. The van der Waals surface area contributed by atoms with Crippen LogP contribution < -0.4 is 5.32 Å². The van der Waals surface area contributed by atoms with E-state index in [9.17, 15) is 9.59 Å². The molecule has 5 nitrogen and oxygen atoms in total. The van der Waals surface area contributed by atoms with Crippen LogP contribution in [0.25, 0.3) is 0 Å². The van der Waals surface area contributed by atoms with Gasteiger partial charge >= 0.3 is 5.97 Å². The number of halogens is 1. The van der Waals surface area contributed by atoms with Gasteiger partial charge < -0.3 is 14.5 Å². The van der Waals surface area contributed by atoms with Crippen LogP contribution in [0.15, 0.2) is 39.4 Å². The SMILES string of the molecule is CC(C)c1cccc(C(C)C)c1NC(=O)COC(=O)c1ccc(Br)o1. The number of anilines is 1. The van der Waals surface area contributed by atoms with E-state index in [0.717, 1.165) is 16.8 Å². The normalized spacial score (nSPS) is 11.0. The highest BCUT2D eigenvalue weighted by molar-refractivity contribution is 9.10. The van der Waals surface area contributed by atoms with Crippen LogP contribution in [-0.2, 0) is 9.53 Å². The van der Waals surface area contributed by atoms with Crippen molar-refractivity contribution in [2.24, 2.45) is 0 Å². The summed E-state index contributed by atoms with van der Waals surface area (Å²) in [6.45, 7) is 7.92. The van der Waals surface area contributed by atoms with Crippen molar-refractivity contribution in [3.8, 4) is 0 Å². The second-order valence-corrected chi connectivity index (χ2v) is 7.13. The maximum Gasteiger partial charge on any atom is 0.374 e. The number of nitrogens with one attached hydrogen (secondary N) is 1. The van der Waals surface area contributed by atoms with Crippen LogP contribution in [0.1, 0.15) is 61.2 Å². The molecule has 25 heavy (non-hydrogen) atoms. The number of carbonyl (C=O) groups excluding carboxylic acids is 2. The summed E-state index contributed by atoms with van der Waals surface area (Å²) < 4.78 is 10.5. The Balaban J connectivity index is 2.08. The number of para-hydroxylation sites is 1. The van der Waals surface area contributed by atoms with Crippen molar-refractivity contribution in [1.29, 1.82) is 0 Å². The van der Waals surface area contributed by atoms with E-state index >= 15 is 0 Å². The number of esters is 1. The van der Waals surface area contributed by atoms with Crippen molar-refractivity contribution in [2.75, 3.05) is 11.9 Å². The minimum absolute atomic E-state index is 0.0464. The van der Waals surface area contributed by atoms with Gasteiger partial charge in [-0.25, -0.2) is 4.79 Å². The van der Waals surface area contributed by atoms with E-state index in [4.69, 9.17) is 9.15 Å². The zero-order chi connectivity index (χ0) is 18.6. The highest BCUT2D eigenvalue weighted by atomic mass is 79.9. The molecule has 0 radical (unpaired) electrons. The molecule has 1 N–H and O–H groups in total. The topological polar surface area (TPSA) is 68.5 Å². The van der Waals surface area contributed by atoms with Gasteiger partial charge in [-0.05, 0) is 51.0 Å². The van der Waals surface area contributed by atoms with E-state index in [2.05, 4.69) is 48.9 Å². The molecule has 0 spiro atoms. The number of amides is 1. The second-order valence-electron chi connectivity index (χ2n) is 6.35. The highest BCUT2D eigenvalue weighted by Crippen LogP contribution is 2.32. The summed E-state index contributed by atoms with van der Waals surface area (Å²) >= 11 is 3.11. The molecule has 2 rings (SSSR count). The Hall–Kier alpha value is -2.08. The zero-order valence-corrected chi connectivity index (χ0v) is 16.3. The van der Waals surface area contributed by atoms with Crippen molar-refractivity contribution in [3.05, 3.63) is 51.9 Å². The third-order valence-corrected chi connectivity index (χ3v) is 4.17. The van der Waals surface area contributed by atoms with E-state index in [-0.39, 0.29) is 30.1 Å². The minimum atomic E-state index is -0.679. The first kappa shape index (κ1) is 19.2. The minimum Gasteiger partial charge on any atom is -0.450 e. The maximum absolute atomic E-state index is 12.3. The third-order valence-electron chi connectivity index (χ3n) is 3.75. The lowest BCUT2D eigenvalue weighted by Crippen LogP contribution is -2.22. The first-order chi connectivity index (χ1) is 11.8. The van der Waals surface area contributed by atoms with Crippen LogP contribution in [0.4, 0.5) is 5.69 Å². The lowest BCUT2D eigenvalue weighted by atomic mass is 9.92. The highest BCUT2D eigenvalue weighted by Gasteiger charge is 2.18. The number of rotatable bonds is 6. The molecule has 0 saturated carbocycles. The monoisotopic (exact) mass is 407 g/mol. The Morgan fingerprint density at radius 3 is 2.16 bits per heavy atom. The Morgan fingerprint density at radius 1 is 1.08 bits per heavy atom. The molecular weight excluding hydrogens is 386 g/mol. The lowest BCUT2D eigenvalue weighted by Gasteiger charge is -2.20. The van der Waals surface area contributed by atoms with Crippen molar-refractivity contribution in [1.82, 2.24) is 0 Å². The van der Waals surface area contributed by atoms with Gasteiger partial charge in [-0.15, -0.1) is 0 Å². The van der Waals surface area contributed by atoms with Crippen LogP contribution in [0.5, 0.6) is 0 Å². The zero-order valence-electron chi connectivity index (χ0n) is 14.8. The fraction of sp³-hybridized carbons (Fsp3) is 0.368. The van der Waals surface area contributed by atoms with Gasteiger partial charge in [0, 0.05) is 5.69 Å². The molecule has 0 fully saturated rings. The molecular formula is C19H22BrNO4. The van der Waals surface area contributed by atoms with Crippen molar-refractivity contribution in [3.63, 3.8) is 0 Å². The largest absolute Gasteiger partial charge is 0.450 e. The van der Waals surface area contributed by atoms with Crippen LogP contribution in [-0.4, -0.2) is 18.5 Å². The Labute approximate surface area is 155 Å². The molecule has 0 bridgehead atoms. The number of furan rings is 1. The molecule has 0 saturated heterocycles. The molecule has 0 aliphatic heterocycles. The fourth-order valence-corrected chi connectivity index (χ4v) is 2.80. The van der Waals surface area contributed by atoms with E-state index in [1.54, 1.807) is 6.07 Å². The number of carbonyl (C=O) groups is 2. The van der Waals surface area contributed by atoms with Gasteiger partial charge in [-0.1, -0.05) is 45.9 Å². The van der Waals surface area contributed by atoms with Gasteiger partial charge in [0.2, 0.25) is 5.76 Å². The van der Waals surface area contributed by atoms with E-state index in [1.807, 2.05) is 18.2 Å². The average Bonchev–Trinajstić information content (AvgIpc) is 2.99. The Bertz CT molecular complexity index is 738. The van der Waals surface area contributed by atoms with Gasteiger partial charge in [-0.2, -0.15) is 0 Å². The summed E-state index contributed by atoms with van der Waals surface area (Å²) in [5.41, 5.74) is 2.91. The number of hydrogen-bond donors (Lipinski definition) is 1. The van der Waals surface area contributed by atoms with Crippen LogP contribution in [0, 0.1) is 0 Å². The Morgan fingerprint density at radius 2 is 1.68 bits per heavy atom. The van der Waals surface area contributed by atoms with Crippen molar-refractivity contribution in [2.45, 2.75) is 39.5 Å². The second kappa shape index (κ2) is 8.34. The molecule has 1 amide bonds. The van der Waals surface area contributed by atoms with Crippen LogP contribution >= 0.6 is 15.9 Å². The molecule has 6 heteroatoms. The lowest BCUT2D eigenvalue weighted by molar-refractivity contribution is -0.119. The Kier molecular flexibility index (Phi) is 6.42. The van der Waals surface area contributed by atoms with Gasteiger partial charge in [0.1, 0.15) is 0 Å². The maximum atomic E-state index is 12.3. The molecule has 0 aliphatic rings. The van der Waals surface area contributed by atoms with E-state index in [1.165, 1.54) is 6.07 Å². The molecule has 0 unspecified atom stereocenters. The van der Waals surface area contributed by atoms with Crippen LogP contribution in [0.3, 0.4) is 0 Å². The summed E-state index contributed by atoms with van der Waals surface area (Å²) in [5, 5.41) is 2.90. The summed E-state index contributed by atoms with van der Waals surface area (Å²) in [6, 6.07) is 9.06. The third kappa shape index (κ3) is 4.95. The molecule has 0 aliphatic carbocycles. The molecule has 1 aromatic carbocycles. The van der Waals surface area contributed by atoms with E-state index < -0.39 is 5.97 Å². The standard InChI is InChI=1S/C19H22BrNO4/c1-11(2)13-6-5-7-14(12(3)4)18(13)21-17(22)10-24-19(23)15-8-9-16(20)25-15/h5-9,11-12H,10H2,1-4H3,(H,21,22). The molecule has 134 valence electrons. The molecule has 0 atom stereocenters. The first-order valence-electron chi connectivity index (χ1n) is 8.14. The molecule has 2 aromatic rings. The average molecular weight is 408 g/mol. The van der Waals surface area contributed by atoms with Gasteiger partial charge in [0.05, 0.1) is 0 Å².